The third-order valence-electron chi connectivity index (χ3n) is 4.83. The number of amides is 2. The molecule has 1 aromatic heterocycles. The molecule has 1 saturated heterocycles. The van der Waals surface area contributed by atoms with Crippen LogP contribution in [0.1, 0.15) is 36.4 Å². The van der Waals surface area contributed by atoms with Gasteiger partial charge in [-0.25, -0.2) is 0 Å². The van der Waals surface area contributed by atoms with Crippen LogP contribution in [0, 0.1) is 13.8 Å². The lowest BCUT2D eigenvalue weighted by atomic mass is 10.1. The summed E-state index contributed by atoms with van der Waals surface area (Å²) in [6.07, 6.45) is 2.70. The van der Waals surface area contributed by atoms with E-state index in [0.29, 0.717) is 4.91 Å². The minimum absolute atomic E-state index is 0.204. The quantitative estimate of drug-likeness (QED) is 0.524. The van der Waals surface area contributed by atoms with E-state index in [1.165, 1.54) is 5.56 Å². The highest BCUT2D eigenvalue weighted by Crippen LogP contribution is 2.33. The van der Waals surface area contributed by atoms with Crippen molar-refractivity contribution in [1.29, 1.82) is 0 Å². The SMILES string of the molecule is CCOC(=O)CN1C(=O)S/C(=C\c2cc(C)n(-c3ccc(CC)cc3)c2C)C1=O. The van der Waals surface area contributed by atoms with Gasteiger partial charge in [-0.2, -0.15) is 0 Å². The summed E-state index contributed by atoms with van der Waals surface area (Å²) in [5, 5.41) is -0.460. The van der Waals surface area contributed by atoms with Crippen LogP contribution in [0.25, 0.3) is 11.8 Å². The second-order valence-electron chi connectivity index (χ2n) is 6.75. The first-order valence-corrected chi connectivity index (χ1v) is 10.4. The summed E-state index contributed by atoms with van der Waals surface area (Å²) in [6, 6.07) is 10.4. The number of hydrogen-bond acceptors (Lipinski definition) is 5. The summed E-state index contributed by atoms with van der Waals surface area (Å²) < 4.78 is 6.96. The molecule has 0 saturated carbocycles. The van der Waals surface area contributed by atoms with Crippen molar-refractivity contribution < 1.29 is 19.1 Å². The van der Waals surface area contributed by atoms with E-state index in [0.717, 1.165) is 45.7 Å². The van der Waals surface area contributed by atoms with E-state index in [2.05, 4.69) is 35.8 Å². The first-order chi connectivity index (χ1) is 13.8. The van der Waals surface area contributed by atoms with E-state index < -0.39 is 17.1 Å². The monoisotopic (exact) mass is 412 g/mol. The lowest BCUT2D eigenvalue weighted by Gasteiger charge is -2.11. The number of rotatable bonds is 6. The number of hydrogen-bond donors (Lipinski definition) is 0. The van der Waals surface area contributed by atoms with Gasteiger partial charge in [0.1, 0.15) is 6.54 Å². The number of nitrogens with zero attached hydrogens (tertiary/aromatic N) is 2. The molecule has 6 nitrogen and oxygen atoms in total. The zero-order valence-electron chi connectivity index (χ0n) is 17.0. The Labute approximate surface area is 174 Å². The van der Waals surface area contributed by atoms with Crippen LogP contribution in [0.15, 0.2) is 35.2 Å². The summed E-state index contributed by atoms with van der Waals surface area (Å²) in [4.78, 5) is 37.7. The zero-order valence-corrected chi connectivity index (χ0v) is 17.8. The average Bonchev–Trinajstić information content (AvgIpc) is 3.12. The number of esters is 1. The standard InChI is InChI=1S/C22H24N2O4S/c1-5-16-7-9-18(10-8-16)24-14(3)11-17(15(24)4)12-19-21(26)23(22(27)29-19)13-20(25)28-6-2/h7-12H,5-6,13H2,1-4H3/b19-12-. The van der Waals surface area contributed by atoms with Crippen molar-refractivity contribution >= 4 is 35.0 Å². The van der Waals surface area contributed by atoms with Crippen molar-refractivity contribution in [1.82, 2.24) is 9.47 Å². The van der Waals surface area contributed by atoms with Crippen LogP contribution in [0.2, 0.25) is 0 Å². The highest BCUT2D eigenvalue weighted by Gasteiger charge is 2.36. The maximum atomic E-state index is 12.6. The molecule has 7 heteroatoms. The minimum atomic E-state index is -0.593. The third-order valence-corrected chi connectivity index (χ3v) is 5.73. The number of ether oxygens (including phenoxy) is 1. The normalized spacial score (nSPS) is 15.4. The van der Waals surface area contributed by atoms with Crippen LogP contribution in [0.4, 0.5) is 4.79 Å². The van der Waals surface area contributed by atoms with Gasteiger partial charge in [-0.3, -0.25) is 19.3 Å². The van der Waals surface area contributed by atoms with Gasteiger partial charge in [0.05, 0.1) is 11.5 Å². The van der Waals surface area contributed by atoms with Gasteiger partial charge >= 0.3 is 5.97 Å². The largest absolute Gasteiger partial charge is 0.465 e. The van der Waals surface area contributed by atoms with Crippen molar-refractivity contribution in [3.63, 3.8) is 0 Å². The van der Waals surface area contributed by atoms with Crippen LogP contribution in [-0.4, -0.2) is 39.7 Å². The van der Waals surface area contributed by atoms with E-state index in [1.807, 2.05) is 19.9 Å². The Morgan fingerprint density at radius 1 is 1.14 bits per heavy atom. The van der Waals surface area contributed by atoms with Gasteiger partial charge in [-0.05, 0) is 74.4 Å². The number of imide groups is 1. The Kier molecular flexibility index (Phi) is 6.27. The van der Waals surface area contributed by atoms with Gasteiger partial charge in [-0.15, -0.1) is 0 Å². The predicted octanol–water partition coefficient (Wildman–Crippen LogP) is 4.26. The first-order valence-electron chi connectivity index (χ1n) is 9.55. The van der Waals surface area contributed by atoms with E-state index in [-0.39, 0.29) is 13.2 Å². The molecule has 1 aliphatic rings. The molecule has 1 aliphatic heterocycles. The van der Waals surface area contributed by atoms with Gasteiger partial charge in [0.15, 0.2) is 0 Å². The second kappa shape index (κ2) is 8.69. The summed E-state index contributed by atoms with van der Waals surface area (Å²) in [5.74, 6) is -1.06. The van der Waals surface area contributed by atoms with Gasteiger partial charge in [-0.1, -0.05) is 19.1 Å². The zero-order chi connectivity index (χ0) is 21.1. The van der Waals surface area contributed by atoms with E-state index in [1.54, 1.807) is 13.0 Å². The lowest BCUT2D eigenvalue weighted by molar-refractivity contribution is -0.145. The fourth-order valence-electron chi connectivity index (χ4n) is 3.33. The van der Waals surface area contributed by atoms with Gasteiger partial charge in [0, 0.05) is 17.1 Å². The van der Waals surface area contributed by atoms with Crippen molar-refractivity contribution in [3.8, 4) is 5.69 Å². The average molecular weight is 413 g/mol. The molecule has 0 unspecified atom stereocenters. The van der Waals surface area contributed by atoms with Crippen LogP contribution in [0.5, 0.6) is 0 Å². The third kappa shape index (κ3) is 4.29. The number of aryl methyl sites for hydroxylation is 2. The number of thioether (sulfide) groups is 1. The van der Waals surface area contributed by atoms with Gasteiger partial charge < -0.3 is 9.30 Å². The minimum Gasteiger partial charge on any atom is -0.465 e. The van der Waals surface area contributed by atoms with Crippen LogP contribution >= 0.6 is 11.8 Å². The van der Waals surface area contributed by atoms with Crippen LogP contribution in [-0.2, 0) is 20.7 Å². The Morgan fingerprint density at radius 2 is 1.83 bits per heavy atom. The Hall–Kier alpha value is -2.80. The molecule has 0 radical (unpaired) electrons. The Bertz CT molecular complexity index is 989. The Morgan fingerprint density at radius 3 is 2.45 bits per heavy atom. The Balaban J connectivity index is 1.88. The fraction of sp³-hybridized carbons (Fsp3) is 0.318. The molecule has 3 rings (SSSR count). The van der Waals surface area contributed by atoms with Crippen LogP contribution in [0.3, 0.4) is 0 Å². The maximum Gasteiger partial charge on any atom is 0.326 e. The molecule has 152 valence electrons. The number of carbonyl (C=O) groups excluding carboxylic acids is 3. The topological polar surface area (TPSA) is 68.6 Å². The molecule has 2 amide bonds. The fourth-order valence-corrected chi connectivity index (χ4v) is 4.15. The second-order valence-corrected chi connectivity index (χ2v) is 7.75. The lowest BCUT2D eigenvalue weighted by Crippen LogP contribution is -2.34. The number of aromatic nitrogens is 1. The van der Waals surface area contributed by atoms with Crippen molar-refractivity contribution in [3.05, 3.63) is 57.8 Å². The predicted molar refractivity (Wildman–Crippen MR) is 114 cm³/mol. The summed E-state index contributed by atoms with van der Waals surface area (Å²) in [7, 11) is 0. The molecular weight excluding hydrogens is 388 g/mol. The highest BCUT2D eigenvalue weighted by atomic mass is 32.2. The summed E-state index contributed by atoms with van der Waals surface area (Å²) in [6.45, 7) is 7.63. The molecule has 1 aromatic carbocycles. The molecule has 0 atom stereocenters. The number of carbonyl (C=O) groups is 3. The van der Waals surface area contributed by atoms with Crippen LogP contribution < -0.4 is 0 Å². The molecule has 0 N–H and O–H groups in total. The van der Waals surface area contributed by atoms with Crippen molar-refractivity contribution in [2.45, 2.75) is 34.1 Å². The molecule has 0 bridgehead atoms. The van der Waals surface area contributed by atoms with E-state index in [4.69, 9.17) is 4.74 Å². The molecule has 0 aliphatic carbocycles. The summed E-state index contributed by atoms with van der Waals surface area (Å²) >= 11 is 0.843. The smallest absolute Gasteiger partial charge is 0.326 e. The molecule has 2 aromatic rings. The summed E-state index contributed by atoms with van der Waals surface area (Å²) in [5.41, 5.74) is 5.19. The van der Waals surface area contributed by atoms with Gasteiger partial charge in [0.2, 0.25) is 0 Å². The van der Waals surface area contributed by atoms with Crippen molar-refractivity contribution in [2.24, 2.45) is 0 Å². The number of benzene rings is 1. The molecule has 2 heterocycles. The molecule has 29 heavy (non-hydrogen) atoms. The van der Waals surface area contributed by atoms with E-state index >= 15 is 0 Å². The molecule has 1 fully saturated rings. The first kappa shape index (κ1) is 20.9. The molecule has 0 spiro atoms. The highest BCUT2D eigenvalue weighted by molar-refractivity contribution is 8.18. The van der Waals surface area contributed by atoms with E-state index in [9.17, 15) is 14.4 Å². The molecular formula is C22H24N2O4S. The van der Waals surface area contributed by atoms with Gasteiger partial charge in [0.25, 0.3) is 11.1 Å². The van der Waals surface area contributed by atoms with Crippen molar-refractivity contribution in [2.75, 3.05) is 13.2 Å². The maximum absolute atomic E-state index is 12.6.